The molecule has 4 aromatic rings. The van der Waals surface area contributed by atoms with Gasteiger partial charge in [-0.1, -0.05) is 23.4 Å². The second kappa shape index (κ2) is 5.73. The number of hydrogen-bond acceptors (Lipinski definition) is 6. The Labute approximate surface area is 147 Å². The van der Waals surface area contributed by atoms with E-state index in [9.17, 15) is 4.79 Å². The average molecular weight is 347 g/mol. The molecule has 26 heavy (non-hydrogen) atoms. The van der Waals surface area contributed by atoms with Gasteiger partial charge in [0.1, 0.15) is 13.2 Å². The quantitative estimate of drug-likeness (QED) is 0.599. The lowest BCUT2D eigenvalue weighted by molar-refractivity contribution is 0.171. The van der Waals surface area contributed by atoms with E-state index in [2.05, 4.69) is 15.1 Å². The number of hydrogen-bond donors (Lipinski definition) is 1. The molecule has 0 atom stereocenters. The van der Waals surface area contributed by atoms with Crippen molar-refractivity contribution >= 4 is 10.8 Å². The maximum Gasteiger partial charge on any atom is 0.260 e. The van der Waals surface area contributed by atoms with Crippen molar-refractivity contribution in [2.45, 2.75) is 0 Å². The zero-order chi connectivity index (χ0) is 17.5. The Morgan fingerprint density at radius 3 is 2.65 bits per heavy atom. The van der Waals surface area contributed by atoms with Gasteiger partial charge in [0.05, 0.1) is 5.56 Å². The van der Waals surface area contributed by atoms with Gasteiger partial charge in [-0.15, -0.1) is 0 Å². The summed E-state index contributed by atoms with van der Waals surface area (Å²) in [7, 11) is 0. The molecular weight excluding hydrogens is 334 g/mol. The third-order valence-corrected chi connectivity index (χ3v) is 4.27. The second-order valence-corrected chi connectivity index (χ2v) is 5.86. The van der Waals surface area contributed by atoms with Gasteiger partial charge in [-0.05, 0) is 24.3 Å². The summed E-state index contributed by atoms with van der Waals surface area (Å²) in [6.07, 6.45) is 1.59. The molecule has 0 spiro atoms. The average Bonchev–Trinajstić information content (AvgIpc) is 3.18. The molecule has 2 aromatic carbocycles. The van der Waals surface area contributed by atoms with Gasteiger partial charge in [0.2, 0.25) is 5.82 Å². The molecule has 7 heteroatoms. The van der Waals surface area contributed by atoms with Gasteiger partial charge in [0.15, 0.2) is 11.5 Å². The third-order valence-electron chi connectivity index (χ3n) is 4.27. The Morgan fingerprint density at radius 1 is 0.962 bits per heavy atom. The highest BCUT2D eigenvalue weighted by Gasteiger charge is 2.17. The lowest BCUT2D eigenvalue weighted by Gasteiger charge is -2.18. The Balaban J connectivity index is 1.59. The number of ether oxygens (including phenoxy) is 2. The summed E-state index contributed by atoms with van der Waals surface area (Å²) in [5, 5.41) is 5.40. The van der Waals surface area contributed by atoms with E-state index in [0.717, 1.165) is 10.9 Å². The molecular formula is C19H13N3O4. The van der Waals surface area contributed by atoms with Crippen LogP contribution in [0.1, 0.15) is 0 Å². The topological polar surface area (TPSA) is 90.2 Å². The number of rotatable bonds is 2. The van der Waals surface area contributed by atoms with Crippen LogP contribution in [-0.2, 0) is 0 Å². The predicted octanol–water partition coefficient (Wildman–Crippen LogP) is 3.02. The van der Waals surface area contributed by atoms with Gasteiger partial charge < -0.3 is 19.0 Å². The summed E-state index contributed by atoms with van der Waals surface area (Å²) in [6, 6.07) is 12.8. The van der Waals surface area contributed by atoms with Crippen molar-refractivity contribution in [3.05, 3.63) is 59.0 Å². The third kappa shape index (κ3) is 2.33. The molecule has 3 heterocycles. The van der Waals surface area contributed by atoms with E-state index in [1.807, 2.05) is 36.4 Å². The van der Waals surface area contributed by atoms with E-state index in [1.54, 1.807) is 12.3 Å². The summed E-state index contributed by atoms with van der Waals surface area (Å²) >= 11 is 0. The second-order valence-electron chi connectivity index (χ2n) is 5.86. The maximum atomic E-state index is 12.0. The molecule has 0 fully saturated rings. The minimum Gasteiger partial charge on any atom is -0.486 e. The molecule has 0 unspecified atom stereocenters. The Morgan fingerprint density at radius 2 is 1.77 bits per heavy atom. The smallest absolute Gasteiger partial charge is 0.260 e. The van der Waals surface area contributed by atoms with Crippen molar-refractivity contribution in [2.75, 3.05) is 13.2 Å². The number of aromatic amines is 1. The van der Waals surface area contributed by atoms with Crippen LogP contribution in [-0.4, -0.2) is 28.3 Å². The molecule has 0 saturated carbocycles. The lowest BCUT2D eigenvalue weighted by Crippen LogP contribution is -2.15. The molecule has 0 aliphatic carbocycles. The SMILES string of the molecule is O=c1[nH]cc(-c2nc(-c3ccc4c(c3)OCCO4)no2)c2ccccc12. The van der Waals surface area contributed by atoms with Crippen LogP contribution in [0.15, 0.2) is 58.0 Å². The summed E-state index contributed by atoms with van der Waals surface area (Å²) < 4.78 is 16.6. The first-order valence-corrected chi connectivity index (χ1v) is 8.14. The fourth-order valence-corrected chi connectivity index (χ4v) is 3.02. The van der Waals surface area contributed by atoms with Gasteiger partial charge in [0, 0.05) is 22.5 Å². The van der Waals surface area contributed by atoms with Gasteiger partial charge >= 0.3 is 0 Å². The molecule has 1 aliphatic rings. The van der Waals surface area contributed by atoms with E-state index >= 15 is 0 Å². The zero-order valence-corrected chi connectivity index (χ0v) is 13.6. The molecule has 0 radical (unpaired) electrons. The normalized spacial score (nSPS) is 13.1. The fourth-order valence-electron chi connectivity index (χ4n) is 3.02. The van der Waals surface area contributed by atoms with E-state index in [1.165, 1.54) is 0 Å². The number of aromatic nitrogens is 3. The summed E-state index contributed by atoms with van der Waals surface area (Å²) in [4.78, 5) is 19.2. The van der Waals surface area contributed by atoms with Crippen molar-refractivity contribution in [1.29, 1.82) is 0 Å². The Bertz CT molecular complexity index is 1180. The highest BCUT2D eigenvalue weighted by Crippen LogP contribution is 2.34. The minimum atomic E-state index is -0.157. The molecule has 0 bridgehead atoms. The van der Waals surface area contributed by atoms with Gasteiger partial charge in [-0.2, -0.15) is 4.98 Å². The van der Waals surface area contributed by atoms with Gasteiger partial charge in [-0.25, -0.2) is 0 Å². The molecule has 0 amide bonds. The zero-order valence-electron chi connectivity index (χ0n) is 13.6. The van der Waals surface area contributed by atoms with Gasteiger partial charge in [0.25, 0.3) is 11.4 Å². The summed E-state index contributed by atoms with van der Waals surface area (Å²) in [6.45, 7) is 1.05. The summed E-state index contributed by atoms with van der Waals surface area (Å²) in [5.41, 5.74) is 1.28. The van der Waals surface area contributed by atoms with Gasteiger partial charge in [-0.3, -0.25) is 4.79 Å². The van der Waals surface area contributed by atoms with Crippen LogP contribution in [0.4, 0.5) is 0 Å². The van der Waals surface area contributed by atoms with Crippen molar-refractivity contribution in [3.63, 3.8) is 0 Å². The van der Waals surface area contributed by atoms with E-state index < -0.39 is 0 Å². The van der Waals surface area contributed by atoms with Crippen molar-refractivity contribution < 1.29 is 14.0 Å². The largest absolute Gasteiger partial charge is 0.486 e. The number of nitrogens with zero attached hydrogens (tertiary/aromatic N) is 2. The van der Waals surface area contributed by atoms with Crippen LogP contribution in [0.3, 0.4) is 0 Å². The standard InChI is InChI=1S/C19H13N3O4/c23-18-13-4-2-1-3-12(13)14(10-20-18)19-21-17(22-26-19)11-5-6-15-16(9-11)25-8-7-24-15/h1-6,9-10H,7-8H2,(H,20,23). The van der Waals surface area contributed by atoms with Crippen LogP contribution in [0.5, 0.6) is 11.5 Å². The molecule has 1 N–H and O–H groups in total. The van der Waals surface area contributed by atoms with E-state index in [4.69, 9.17) is 14.0 Å². The molecule has 0 saturated heterocycles. The van der Waals surface area contributed by atoms with Crippen molar-refractivity contribution in [1.82, 2.24) is 15.1 Å². The van der Waals surface area contributed by atoms with Crippen LogP contribution in [0.2, 0.25) is 0 Å². The highest BCUT2D eigenvalue weighted by atomic mass is 16.6. The number of benzene rings is 2. The first-order chi connectivity index (χ1) is 12.8. The first kappa shape index (κ1) is 14.7. The van der Waals surface area contributed by atoms with Crippen LogP contribution < -0.4 is 15.0 Å². The van der Waals surface area contributed by atoms with E-state index in [-0.39, 0.29) is 5.56 Å². The molecule has 128 valence electrons. The molecule has 5 rings (SSSR count). The number of fused-ring (bicyclic) bond motifs is 2. The lowest BCUT2D eigenvalue weighted by atomic mass is 10.1. The Kier molecular flexibility index (Phi) is 3.24. The maximum absolute atomic E-state index is 12.0. The van der Waals surface area contributed by atoms with Crippen molar-refractivity contribution in [3.8, 4) is 34.3 Å². The monoisotopic (exact) mass is 347 g/mol. The van der Waals surface area contributed by atoms with E-state index in [0.29, 0.717) is 47.4 Å². The van der Waals surface area contributed by atoms with Crippen molar-refractivity contribution in [2.24, 2.45) is 0 Å². The molecule has 2 aromatic heterocycles. The number of pyridine rings is 1. The minimum absolute atomic E-state index is 0.157. The first-order valence-electron chi connectivity index (χ1n) is 8.14. The number of H-pyrrole nitrogens is 1. The molecule has 7 nitrogen and oxygen atoms in total. The van der Waals surface area contributed by atoms with Crippen LogP contribution in [0.25, 0.3) is 33.6 Å². The Hall–Kier alpha value is -3.61. The fraction of sp³-hybridized carbons (Fsp3) is 0.105. The summed E-state index contributed by atoms with van der Waals surface area (Å²) in [5.74, 6) is 2.14. The van der Waals surface area contributed by atoms with Crippen LogP contribution >= 0.6 is 0 Å². The predicted molar refractivity (Wildman–Crippen MR) is 94.3 cm³/mol. The number of nitrogens with one attached hydrogen (secondary N) is 1. The molecule has 1 aliphatic heterocycles. The highest BCUT2D eigenvalue weighted by molar-refractivity contribution is 5.93. The van der Waals surface area contributed by atoms with Crippen LogP contribution in [0, 0.1) is 0 Å².